The molecule has 1 atom stereocenters. The van der Waals surface area contributed by atoms with E-state index >= 15 is 4.39 Å². The van der Waals surface area contributed by atoms with Crippen molar-refractivity contribution in [2.75, 3.05) is 38.7 Å². The molecule has 7 rings (SSSR count). The lowest BCUT2D eigenvalue weighted by atomic mass is 10.0. The number of fused-ring (bicyclic) bond motifs is 2. The van der Waals surface area contributed by atoms with E-state index in [4.69, 9.17) is 4.74 Å². The molecule has 254 valence electrons. The summed E-state index contributed by atoms with van der Waals surface area (Å²) in [6.07, 6.45) is 4.70. The highest BCUT2D eigenvalue weighted by Crippen LogP contribution is 2.44. The highest BCUT2D eigenvalue weighted by atomic mass is 19.1. The van der Waals surface area contributed by atoms with Gasteiger partial charge in [0, 0.05) is 55.4 Å². The van der Waals surface area contributed by atoms with Crippen LogP contribution in [0.25, 0.3) is 21.8 Å². The van der Waals surface area contributed by atoms with Crippen molar-refractivity contribution in [3.63, 3.8) is 0 Å². The van der Waals surface area contributed by atoms with Crippen LogP contribution in [0.3, 0.4) is 0 Å². The van der Waals surface area contributed by atoms with E-state index in [2.05, 4.69) is 15.1 Å². The van der Waals surface area contributed by atoms with Gasteiger partial charge in [-0.3, -0.25) is 14.5 Å². The number of hydrogen-bond acceptors (Lipinski definition) is 8. The van der Waals surface area contributed by atoms with E-state index in [-0.39, 0.29) is 28.9 Å². The number of nitrogens with zero attached hydrogens (tertiary/aromatic N) is 6. The molecular formula is C37H39FN6O5. The van der Waals surface area contributed by atoms with Crippen molar-refractivity contribution in [2.45, 2.75) is 50.7 Å². The molecule has 0 spiro atoms. The SMILES string of the molecule is COc1c(N2CCCC(N(C)CCn3c(O)c(N=Nc4ccccc4)c4ccccc43)C2)c(F)cc2c(=O)c(CC(=O)O)cn(C3CC3)c12. The quantitative estimate of drug-likeness (QED) is 0.149. The minimum Gasteiger partial charge on any atom is -0.493 e. The molecule has 2 N–H and O–H groups in total. The molecule has 3 aromatic carbocycles. The third-order valence-electron chi connectivity index (χ3n) is 9.71. The number of aliphatic carboxylic acids is 1. The van der Waals surface area contributed by atoms with Crippen molar-refractivity contribution in [3.05, 3.63) is 88.5 Å². The normalized spacial score (nSPS) is 16.7. The lowest BCUT2D eigenvalue weighted by Crippen LogP contribution is -2.47. The van der Waals surface area contributed by atoms with Crippen LogP contribution in [0.2, 0.25) is 0 Å². The molecule has 2 aromatic heterocycles. The topological polar surface area (TPSA) is 125 Å². The van der Waals surface area contributed by atoms with E-state index < -0.39 is 23.6 Å². The predicted octanol–water partition coefficient (Wildman–Crippen LogP) is 6.79. The zero-order chi connectivity index (χ0) is 34.2. The monoisotopic (exact) mass is 666 g/mol. The van der Waals surface area contributed by atoms with Gasteiger partial charge in [-0.05, 0) is 57.0 Å². The van der Waals surface area contributed by atoms with Gasteiger partial charge >= 0.3 is 5.97 Å². The fourth-order valence-electron chi connectivity index (χ4n) is 7.07. The van der Waals surface area contributed by atoms with Crippen LogP contribution in [0.5, 0.6) is 11.6 Å². The van der Waals surface area contributed by atoms with Crippen LogP contribution in [-0.4, -0.2) is 70.1 Å². The first-order valence-corrected chi connectivity index (χ1v) is 16.6. The number of methoxy groups -OCH3 is 1. The summed E-state index contributed by atoms with van der Waals surface area (Å²) in [5, 5.41) is 30.4. The number of ether oxygens (including phenoxy) is 1. The number of azo groups is 1. The number of carboxylic acid groups (broad SMARTS) is 1. The predicted molar refractivity (Wildman–Crippen MR) is 186 cm³/mol. The molecule has 2 aliphatic rings. The van der Waals surface area contributed by atoms with Crippen LogP contribution in [0.15, 0.2) is 81.9 Å². The van der Waals surface area contributed by atoms with E-state index in [0.717, 1.165) is 36.6 Å². The molecule has 1 aliphatic carbocycles. The Bertz CT molecular complexity index is 2120. The maximum atomic E-state index is 16.1. The van der Waals surface area contributed by atoms with Gasteiger partial charge in [0.25, 0.3) is 0 Å². The zero-order valence-corrected chi connectivity index (χ0v) is 27.5. The smallest absolute Gasteiger partial charge is 0.308 e. The number of carboxylic acids is 1. The summed E-state index contributed by atoms with van der Waals surface area (Å²) in [5.41, 5.74) is 2.44. The van der Waals surface area contributed by atoms with Gasteiger partial charge in [-0.25, -0.2) is 4.39 Å². The fourth-order valence-corrected chi connectivity index (χ4v) is 7.07. The van der Waals surface area contributed by atoms with E-state index in [1.165, 1.54) is 13.2 Å². The molecule has 1 aliphatic heterocycles. The Hall–Kier alpha value is -5.23. The number of pyridine rings is 1. The number of benzene rings is 3. The highest BCUT2D eigenvalue weighted by molar-refractivity contribution is 5.95. The number of aromatic nitrogens is 2. The lowest BCUT2D eigenvalue weighted by molar-refractivity contribution is -0.136. The molecule has 0 amide bonds. The minimum atomic E-state index is -1.11. The van der Waals surface area contributed by atoms with Crippen LogP contribution < -0.4 is 15.1 Å². The molecule has 1 unspecified atom stereocenters. The Balaban J connectivity index is 1.15. The first-order chi connectivity index (χ1) is 23.7. The van der Waals surface area contributed by atoms with Crippen LogP contribution in [0, 0.1) is 5.82 Å². The summed E-state index contributed by atoms with van der Waals surface area (Å²) in [4.78, 5) is 29.1. The summed E-state index contributed by atoms with van der Waals surface area (Å²) < 4.78 is 25.7. The van der Waals surface area contributed by atoms with Crippen molar-refractivity contribution in [3.8, 4) is 11.6 Å². The molecule has 12 heteroatoms. The molecule has 2 fully saturated rings. The van der Waals surface area contributed by atoms with E-state index in [9.17, 15) is 19.8 Å². The molecule has 0 bridgehead atoms. The number of piperidine rings is 1. The first kappa shape index (κ1) is 32.3. The summed E-state index contributed by atoms with van der Waals surface area (Å²) >= 11 is 0. The van der Waals surface area contributed by atoms with Gasteiger partial charge in [0.15, 0.2) is 22.7 Å². The van der Waals surface area contributed by atoms with E-state index in [1.807, 2.05) is 75.7 Å². The fraction of sp³-hybridized carbons (Fsp3) is 0.351. The molecule has 49 heavy (non-hydrogen) atoms. The van der Waals surface area contributed by atoms with E-state index in [0.29, 0.717) is 54.5 Å². The summed E-state index contributed by atoms with van der Waals surface area (Å²) in [6, 6.07) is 18.5. The largest absolute Gasteiger partial charge is 0.493 e. The van der Waals surface area contributed by atoms with Gasteiger partial charge in [-0.15, -0.1) is 5.11 Å². The summed E-state index contributed by atoms with van der Waals surface area (Å²) in [7, 11) is 3.52. The van der Waals surface area contributed by atoms with Gasteiger partial charge in [0.2, 0.25) is 5.88 Å². The van der Waals surface area contributed by atoms with Crippen molar-refractivity contribution < 1.29 is 24.1 Å². The Morgan fingerprint density at radius 2 is 1.82 bits per heavy atom. The molecule has 5 aromatic rings. The first-order valence-electron chi connectivity index (χ1n) is 16.6. The number of anilines is 1. The van der Waals surface area contributed by atoms with Crippen molar-refractivity contribution >= 4 is 44.8 Å². The van der Waals surface area contributed by atoms with Crippen molar-refractivity contribution in [1.82, 2.24) is 14.0 Å². The maximum absolute atomic E-state index is 16.1. The molecular weight excluding hydrogens is 627 g/mol. The number of likely N-dealkylation sites (N-methyl/N-ethyl adjacent to an activating group) is 1. The summed E-state index contributed by atoms with van der Waals surface area (Å²) in [5.74, 6) is -1.33. The third-order valence-corrected chi connectivity index (χ3v) is 9.71. The molecule has 1 saturated heterocycles. The van der Waals surface area contributed by atoms with Crippen molar-refractivity contribution in [1.29, 1.82) is 0 Å². The van der Waals surface area contributed by atoms with Gasteiger partial charge in [-0.1, -0.05) is 36.4 Å². The number of carbonyl (C=O) groups is 1. The number of aromatic hydroxyl groups is 1. The maximum Gasteiger partial charge on any atom is 0.308 e. The van der Waals surface area contributed by atoms with Gasteiger partial charge < -0.3 is 29.0 Å². The highest BCUT2D eigenvalue weighted by Gasteiger charge is 2.33. The lowest BCUT2D eigenvalue weighted by Gasteiger charge is -2.39. The van der Waals surface area contributed by atoms with E-state index in [1.54, 1.807) is 6.20 Å². The number of hydrogen-bond donors (Lipinski definition) is 2. The average Bonchev–Trinajstić information content (AvgIpc) is 3.92. The standard InChI is InChI=1S/C37H39FN6O5/c1-41(17-18-43-30-13-7-6-12-27(30)32(37(43)48)40-39-24-9-4-3-5-10-24)26-11-8-16-42(22-26)34-29(38)20-28-33(36(34)49-2)44(25-14-15-25)21-23(35(28)47)19-31(45)46/h3-7,9-10,12-13,20-21,25-26,48H,8,11,14-19,22H2,1-2H3,(H,45,46). The Morgan fingerprint density at radius 3 is 2.55 bits per heavy atom. The van der Waals surface area contributed by atoms with Gasteiger partial charge in [0.1, 0.15) is 5.69 Å². The molecule has 3 heterocycles. The second-order valence-electron chi connectivity index (χ2n) is 12.9. The second kappa shape index (κ2) is 13.3. The zero-order valence-electron chi connectivity index (χ0n) is 27.5. The second-order valence-corrected chi connectivity index (χ2v) is 12.9. The number of rotatable bonds is 11. The average molecular weight is 667 g/mol. The van der Waals surface area contributed by atoms with Crippen LogP contribution in [0.4, 0.5) is 21.5 Å². The van der Waals surface area contributed by atoms with Crippen LogP contribution >= 0.6 is 0 Å². The number of halogens is 1. The van der Waals surface area contributed by atoms with Crippen molar-refractivity contribution in [2.24, 2.45) is 10.2 Å². The molecule has 1 saturated carbocycles. The van der Waals surface area contributed by atoms with Gasteiger partial charge in [0.05, 0.1) is 35.6 Å². The van der Waals surface area contributed by atoms with Gasteiger partial charge in [-0.2, -0.15) is 5.11 Å². The van der Waals surface area contributed by atoms with Crippen LogP contribution in [-0.2, 0) is 17.8 Å². The Morgan fingerprint density at radius 1 is 1.06 bits per heavy atom. The Labute approximate surface area is 282 Å². The number of para-hydroxylation sites is 1. The minimum absolute atomic E-state index is 0.0516. The Kier molecular flexibility index (Phi) is 8.81. The van der Waals surface area contributed by atoms with Crippen LogP contribution in [0.1, 0.15) is 37.3 Å². The summed E-state index contributed by atoms with van der Waals surface area (Å²) in [6.45, 7) is 2.27. The third kappa shape index (κ3) is 6.24. The molecule has 11 nitrogen and oxygen atoms in total. The molecule has 0 radical (unpaired) electrons.